The van der Waals surface area contributed by atoms with Gasteiger partial charge >= 0.3 is 5.69 Å². The van der Waals surface area contributed by atoms with E-state index in [4.69, 9.17) is 16.3 Å². The number of ether oxygens (including phenoxy) is 1. The van der Waals surface area contributed by atoms with Crippen LogP contribution in [0.4, 0.5) is 0 Å². The first-order valence-corrected chi connectivity index (χ1v) is 8.73. The number of amides is 1. The molecule has 0 radical (unpaired) electrons. The normalized spacial score (nSPS) is 19.6. The Kier molecular flexibility index (Phi) is 4.03. The Bertz CT molecular complexity index is 889. The Morgan fingerprint density at radius 2 is 2.24 bits per heavy atom. The van der Waals surface area contributed by atoms with Gasteiger partial charge in [0.1, 0.15) is 18.2 Å². The molecule has 0 N–H and O–H groups in total. The van der Waals surface area contributed by atoms with E-state index in [1.165, 1.54) is 4.68 Å². The molecule has 4 rings (SSSR count). The maximum Gasteiger partial charge on any atom is 0.345 e. The average Bonchev–Trinajstić information content (AvgIpc) is 2.77. The number of carbonyl (C=O) groups excluding carboxylic acids is 1. The van der Waals surface area contributed by atoms with Gasteiger partial charge in [0.15, 0.2) is 0 Å². The lowest BCUT2D eigenvalue weighted by atomic mass is 9.97. The number of benzene rings is 1. The molecule has 0 unspecified atom stereocenters. The molecule has 2 aliphatic rings. The molecule has 0 spiro atoms. The van der Waals surface area contributed by atoms with Crippen molar-refractivity contribution in [2.75, 3.05) is 13.2 Å². The fraction of sp³-hybridized carbons (Fsp3) is 0.471. The lowest BCUT2D eigenvalue weighted by molar-refractivity contribution is -0.137. The molecule has 132 valence electrons. The first-order valence-electron chi connectivity index (χ1n) is 8.35. The zero-order chi connectivity index (χ0) is 17.6. The van der Waals surface area contributed by atoms with Crippen molar-refractivity contribution in [1.82, 2.24) is 19.2 Å². The highest BCUT2D eigenvalue weighted by atomic mass is 35.5. The Morgan fingerprint density at radius 3 is 3.08 bits per heavy atom. The molecule has 1 aromatic heterocycles. The molecule has 0 saturated carbocycles. The maximum atomic E-state index is 13.0. The Morgan fingerprint density at radius 1 is 1.40 bits per heavy atom. The minimum atomic E-state index is -0.213. The van der Waals surface area contributed by atoms with Gasteiger partial charge in [-0.25, -0.2) is 9.48 Å². The maximum absolute atomic E-state index is 13.0. The quantitative estimate of drug-likeness (QED) is 0.765. The van der Waals surface area contributed by atoms with Crippen molar-refractivity contribution in [2.45, 2.75) is 25.9 Å². The van der Waals surface area contributed by atoms with Crippen molar-refractivity contribution in [2.24, 2.45) is 13.0 Å². The summed E-state index contributed by atoms with van der Waals surface area (Å²) in [5, 5.41) is 4.84. The SMILES string of the molecule is Cn1nc2n(c1=O)C[C@@H](C(=O)N1CCOc3ccc(Cl)cc3C1)CC2. The van der Waals surface area contributed by atoms with Crippen LogP contribution in [0.25, 0.3) is 0 Å². The lowest BCUT2D eigenvalue weighted by Crippen LogP contribution is -2.42. The standard InChI is InChI=1S/C17H19ClN4O3/c1-20-17(24)22-10-11(2-5-15(22)19-20)16(23)21-6-7-25-14-4-3-13(18)8-12(14)9-21/h3-4,8,11H,2,5-7,9-10H2,1H3/t11-/m0/s1. The van der Waals surface area contributed by atoms with Gasteiger partial charge in [0.25, 0.3) is 0 Å². The van der Waals surface area contributed by atoms with Gasteiger partial charge in [0.2, 0.25) is 5.91 Å². The third-order valence-electron chi connectivity index (χ3n) is 4.87. The van der Waals surface area contributed by atoms with Crippen LogP contribution in [0.3, 0.4) is 0 Å². The van der Waals surface area contributed by atoms with Gasteiger partial charge in [0.05, 0.1) is 12.5 Å². The fourth-order valence-corrected chi connectivity index (χ4v) is 3.74. The molecule has 25 heavy (non-hydrogen) atoms. The van der Waals surface area contributed by atoms with E-state index in [1.54, 1.807) is 22.6 Å². The third-order valence-corrected chi connectivity index (χ3v) is 5.10. The van der Waals surface area contributed by atoms with Crippen LogP contribution in [0.15, 0.2) is 23.0 Å². The van der Waals surface area contributed by atoms with Crippen LogP contribution >= 0.6 is 11.6 Å². The van der Waals surface area contributed by atoms with E-state index in [-0.39, 0.29) is 17.5 Å². The van der Waals surface area contributed by atoms with Crippen LogP contribution in [-0.2, 0) is 31.4 Å². The van der Waals surface area contributed by atoms with E-state index in [9.17, 15) is 9.59 Å². The molecule has 1 amide bonds. The number of hydrogen-bond acceptors (Lipinski definition) is 4. The molecule has 1 atom stereocenters. The Labute approximate surface area is 149 Å². The second kappa shape index (κ2) is 6.22. The van der Waals surface area contributed by atoms with E-state index in [0.29, 0.717) is 44.1 Å². The van der Waals surface area contributed by atoms with Crippen LogP contribution in [0.5, 0.6) is 5.75 Å². The van der Waals surface area contributed by atoms with E-state index < -0.39 is 0 Å². The summed E-state index contributed by atoms with van der Waals surface area (Å²) in [5.74, 6) is 1.37. The number of nitrogens with zero attached hydrogens (tertiary/aromatic N) is 4. The molecule has 0 bridgehead atoms. The summed E-state index contributed by atoms with van der Waals surface area (Å²) in [5.41, 5.74) is 0.747. The molecule has 2 aromatic rings. The number of halogens is 1. The number of aromatic nitrogens is 3. The molecule has 0 aliphatic carbocycles. The van der Waals surface area contributed by atoms with Gasteiger partial charge < -0.3 is 9.64 Å². The number of rotatable bonds is 1. The highest BCUT2D eigenvalue weighted by Gasteiger charge is 2.31. The smallest absolute Gasteiger partial charge is 0.345 e. The number of aryl methyl sites for hydroxylation is 2. The second-order valence-electron chi connectivity index (χ2n) is 6.53. The minimum absolute atomic E-state index is 0.0535. The van der Waals surface area contributed by atoms with Crippen LogP contribution in [-0.4, -0.2) is 38.3 Å². The van der Waals surface area contributed by atoms with E-state index in [0.717, 1.165) is 17.1 Å². The summed E-state index contributed by atoms with van der Waals surface area (Å²) in [6, 6.07) is 5.47. The number of fused-ring (bicyclic) bond motifs is 2. The summed E-state index contributed by atoms with van der Waals surface area (Å²) >= 11 is 6.08. The average molecular weight is 363 g/mol. The predicted molar refractivity (Wildman–Crippen MR) is 91.6 cm³/mol. The zero-order valence-corrected chi connectivity index (χ0v) is 14.7. The minimum Gasteiger partial charge on any atom is -0.491 e. The monoisotopic (exact) mass is 362 g/mol. The summed E-state index contributed by atoms with van der Waals surface area (Å²) < 4.78 is 8.68. The Hall–Kier alpha value is -2.28. The largest absolute Gasteiger partial charge is 0.491 e. The first kappa shape index (κ1) is 16.2. The van der Waals surface area contributed by atoms with Gasteiger partial charge in [-0.3, -0.25) is 9.36 Å². The topological polar surface area (TPSA) is 69.4 Å². The Balaban J connectivity index is 1.55. The van der Waals surface area contributed by atoms with Crippen LogP contribution < -0.4 is 10.4 Å². The van der Waals surface area contributed by atoms with Crippen molar-refractivity contribution in [3.8, 4) is 5.75 Å². The van der Waals surface area contributed by atoms with Crippen molar-refractivity contribution in [3.05, 3.63) is 45.1 Å². The van der Waals surface area contributed by atoms with Crippen LogP contribution in [0.2, 0.25) is 5.02 Å². The highest BCUT2D eigenvalue weighted by molar-refractivity contribution is 6.30. The number of carbonyl (C=O) groups is 1. The number of hydrogen-bond donors (Lipinski definition) is 0. The zero-order valence-electron chi connectivity index (χ0n) is 13.9. The van der Waals surface area contributed by atoms with Gasteiger partial charge in [-0.1, -0.05) is 11.6 Å². The summed E-state index contributed by atoms with van der Waals surface area (Å²) in [7, 11) is 1.64. The predicted octanol–water partition coefficient (Wildman–Crippen LogP) is 1.22. The van der Waals surface area contributed by atoms with E-state index >= 15 is 0 Å². The molecule has 2 aliphatic heterocycles. The highest BCUT2D eigenvalue weighted by Crippen LogP contribution is 2.28. The molecular formula is C17H19ClN4O3. The molecule has 0 saturated heterocycles. The van der Waals surface area contributed by atoms with Crippen LogP contribution in [0, 0.1) is 5.92 Å². The first-order chi connectivity index (χ1) is 12.0. The van der Waals surface area contributed by atoms with Crippen LogP contribution in [0.1, 0.15) is 17.8 Å². The fourth-order valence-electron chi connectivity index (χ4n) is 3.55. The molecule has 8 heteroatoms. The van der Waals surface area contributed by atoms with Crippen molar-refractivity contribution >= 4 is 17.5 Å². The molecule has 3 heterocycles. The molecular weight excluding hydrogens is 344 g/mol. The van der Waals surface area contributed by atoms with Crippen molar-refractivity contribution in [1.29, 1.82) is 0 Å². The van der Waals surface area contributed by atoms with E-state index in [2.05, 4.69) is 5.10 Å². The van der Waals surface area contributed by atoms with Gasteiger partial charge in [0, 0.05) is 37.1 Å². The van der Waals surface area contributed by atoms with Gasteiger partial charge in [-0.2, -0.15) is 5.10 Å². The second-order valence-corrected chi connectivity index (χ2v) is 6.97. The van der Waals surface area contributed by atoms with Gasteiger partial charge in [-0.15, -0.1) is 0 Å². The van der Waals surface area contributed by atoms with Crippen molar-refractivity contribution < 1.29 is 9.53 Å². The molecule has 0 fully saturated rings. The van der Waals surface area contributed by atoms with Gasteiger partial charge in [-0.05, 0) is 24.6 Å². The third kappa shape index (κ3) is 2.93. The van der Waals surface area contributed by atoms with Crippen molar-refractivity contribution in [3.63, 3.8) is 0 Å². The lowest BCUT2D eigenvalue weighted by Gasteiger charge is -2.28. The summed E-state index contributed by atoms with van der Waals surface area (Å²) in [6.07, 6.45) is 1.34. The molecule has 1 aromatic carbocycles. The summed E-state index contributed by atoms with van der Waals surface area (Å²) in [4.78, 5) is 26.9. The van der Waals surface area contributed by atoms with E-state index in [1.807, 2.05) is 12.1 Å². The summed E-state index contributed by atoms with van der Waals surface area (Å²) in [6.45, 7) is 1.84. The molecule has 7 nitrogen and oxygen atoms in total.